The van der Waals surface area contributed by atoms with E-state index in [9.17, 15) is 4.79 Å². The quantitative estimate of drug-likeness (QED) is 0.737. The van der Waals surface area contributed by atoms with Crippen molar-refractivity contribution < 1.29 is 14.3 Å². The van der Waals surface area contributed by atoms with E-state index < -0.39 is 0 Å². The van der Waals surface area contributed by atoms with Crippen LogP contribution < -0.4 is 9.64 Å². The van der Waals surface area contributed by atoms with Crippen LogP contribution in [0.4, 0.5) is 5.69 Å². The summed E-state index contributed by atoms with van der Waals surface area (Å²) in [5, 5.41) is 0. The number of anilines is 1. The van der Waals surface area contributed by atoms with Gasteiger partial charge in [-0.3, -0.25) is 4.79 Å². The predicted molar refractivity (Wildman–Crippen MR) is 99.5 cm³/mol. The number of methoxy groups -OCH3 is 1. The lowest BCUT2D eigenvalue weighted by atomic mass is 10.0. The summed E-state index contributed by atoms with van der Waals surface area (Å²) in [6.07, 6.45) is 3.87. The van der Waals surface area contributed by atoms with Crippen LogP contribution in [0.2, 0.25) is 0 Å². The van der Waals surface area contributed by atoms with Gasteiger partial charge in [0.2, 0.25) is 0 Å². The Kier molecular flexibility index (Phi) is 5.59. The number of rotatable bonds is 5. The molecular formula is C21H25NO3. The molecule has 0 spiro atoms. The number of nitrogens with zero attached hydrogens (tertiary/aromatic N) is 1. The third-order valence-corrected chi connectivity index (χ3v) is 4.71. The number of esters is 1. The fourth-order valence-corrected chi connectivity index (χ4v) is 3.17. The predicted octanol–water partition coefficient (Wildman–Crippen LogP) is 4.75. The van der Waals surface area contributed by atoms with Crippen LogP contribution in [0.15, 0.2) is 48.5 Å². The molecule has 1 atom stereocenters. The zero-order valence-electron chi connectivity index (χ0n) is 14.9. The van der Waals surface area contributed by atoms with Crippen molar-refractivity contribution in [1.29, 1.82) is 0 Å². The van der Waals surface area contributed by atoms with Crippen LogP contribution >= 0.6 is 0 Å². The Bertz CT molecular complexity index is 705. The smallest absolute Gasteiger partial charge is 0.312 e. The van der Waals surface area contributed by atoms with Crippen LogP contribution in [0.25, 0.3) is 0 Å². The molecule has 0 bridgehead atoms. The topological polar surface area (TPSA) is 38.8 Å². The van der Waals surface area contributed by atoms with Gasteiger partial charge in [-0.2, -0.15) is 0 Å². The zero-order valence-corrected chi connectivity index (χ0v) is 14.9. The highest BCUT2D eigenvalue weighted by atomic mass is 16.5. The van der Waals surface area contributed by atoms with Gasteiger partial charge in [0, 0.05) is 18.8 Å². The number of carbonyl (C=O) groups is 1. The monoisotopic (exact) mass is 339 g/mol. The van der Waals surface area contributed by atoms with Gasteiger partial charge in [-0.05, 0) is 68.1 Å². The first kappa shape index (κ1) is 17.3. The largest absolute Gasteiger partial charge is 0.469 e. The highest BCUT2D eigenvalue weighted by molar-refractivity contribution is 5.77. The molecule has 1 saturated heterocycles. The summed E-state index contributed by atoms with van der Waals surface area (Å²) in [6, 6.07) is 15.8. The molecule has 0 amide bonds. The van der Waals surface area contributed by atoms with Gasteiger partial charge in [-0.15, -0.1) is 0 Å². The molecule has 1 unspecified atom stereocenters. The van der Waals surface area contributed by atoms with E-state index in [0.717, 1.165) is 30.2 Å². The first-order chi connectivity index (χ1) is 12.2. The molecule has 3 rings (SSSR count). The lowest BCUT2D eigenvalue weighted by molar-refractivity contribution is -0.141. The number of ether oxygens (including phenoxy) is 2. The van der Waals surface area contributed by atoms with Crippen LogP contribution in [0.3, 0.4) is 0 Å². The molecule has 1 heterocycles. The van der Waals surface area contributed by atoms with Crippen molar-refractivity contribution in [3.63, 3.8) is 0 Å². The fraction of sp³-hybridized carbons (Fsp3) is 0.381. The Labute approximate surface area is 149 Å². The van der Waals surface area contributed by atoms with Gasteiger partial charge >= 0.3 is 5.97 Å². The highest BCUT2D eigenvalue weighted by Gasteiger charge is 2.16. The molecule has 1 aliphatic heterocycles. The van der Waals surface area contributed by atoms with Crippen molar-refractivity contribution in [2.24, 2.45) is 0 Å². The molecule has 0 N–H and O–H groups in total. The Morgan fingerprint density at radius 2 is 1.72 bits per heavy atom. The van der Waals surface area contributed by atoms with Crippen LogP contribution in [-0.4, -0.2) is 26.2 Å². The molecular weight excluding hydrogens is 314 g/mol. The second-order valence-electron chi connectivity index (χ2n) is 6.46. The maximum absolute atomic E-state index is 11.7. The van der Waals surface area contributed by atoms with Crippen LogP contribution in [0.1, 0.15) is 37.7 Å². The van der Waals surface area contributed by atoms with E-state index in [4.69, 9.17) is 9.47 Å². The lowest BCUT2D eigenvalue weighted by Gasteiger charge is -2.28. The molecule has 4 nitrogen and oxygen atoms in total. The third-order valence-electron chi connectivity index (χ3n) is 4.71. The zero-order chi connectivity index (χ0) is 17.6. The van der Waals surface area contributed by atoms with Gasteiger partial charge < -0.3 is 14.4 Å². The first-order valence-electron chi connectivity index (χ1n) is 8.88. The van der Waals surface area contributed by atoms with E-state index in [1.807, 2.05) is 43.3 Å². The molecule has 25 heavy (non-hydrogen) atoms. The second-order valence-corrected chi connectivity index (χ2v) is 6.46. The number of hydrogen-bond acceptors (Lipinski definition) is 4. The van der Waals surface area contributed by atoms with Gasteiger partial charge in [0.25, 0.3) is 0 Å². The molecule has 132 valence electrons. The molecule has 0 aliphatic carbocycles. The molecule has 2 aromatic carbocycles. The summed E-state index contributed by atoms with van der Waals surface area (Å²) < 4.78 is 10.8. The van der Waals surface area contributed by atoms with Gasteiger partial charge in [0.05, 0.1) is 13.0 Å². The summed E-state index contributed by atoms with van der Waals surface area (Å²) in [6.45, 7) is 4.10. The third kappa shape index (κ3) is 4.32. The molecule has 4 heteroatoms. The molecule has 1 fully saturated rings. The summed E-state index contributed by atoms with van der Waals surface area (Å²) in [5.74, 6) is 0.959. The first-order valence-corrected chi connectivity index (χ1v) is 8.88. The Hall–Kier alpha value is -2.49. The molecule has 1 aliphatic rings. The Morgan fingerprint density at radius 3 is 2.40 bits per heavy atom. The van der Waals surface area contributed by atoms with Gasteiger partial charge in [-0.1, -0.05) is 12.1 Å². The van der Waals surface area contributed by atoms with Gasteiger partial charge in [-0.25, -0.2) is 0 Å². The average molecular weight is 339 g/mol. The van der Waals surface area contributed by atoms with Gasteiger partial charge in [0.15, 0.2) is 0 Å². The lowest BCUT2D eigenvalue weighted by Crippen LogP contribution is -2.29. The van der Waals surface area contributed by atoms with Crippen molar-refractivity contribution in [2.75, 3.05) is 25.1 Å². The molecule has 0 aromatic heterocycles. The minimum absolute atomic E-state index is 0.247. The highest BCUT2D eigenvalue weighted by Crippen LogP contribution is 2.28. The van der Waals surface area contributed by atoms with Crippen molar-refractivity contribution in [1.82, 2.24) is 0 Å². The molecule has 2 aromatic rings. The molecule has 0 radical (unpaired) electrons. The minimum Gasteiger partial charge on any atom is -0.469 e. The Balaban J connectivity index is 1.68. The minimum atomic E-state index is -0.310. The van der Waals surface area contributed by atoms with Crippen LogP contribution in [0, 0.1) is 0 Å². The van der Waals surface area contributed by atoms with E-state index in [2.05, 4.69) is 17.0 Å². The number of benzene rings is 2. The standard InChI is InChI=1S/C21H25NO3/c1-16(21(23)24-2)17-7-6-8-20(15-17)25-19-11-9-18(10-12-19)22-13-4-3-5-14-22/h6-12,15-16H,3-5,13-14H2,1-2H3. The second kappa shape index (κ2) is 8.06. The summed E-state index contributed by atoms with van der Waals surface area (Å²) in [4.78, 5) is 14.1. The van der Waals surface area contributed by atoms with E-state index in [-0.39, 0.29) is 11.9 Å². The van der Waals surface area contributed by atoms with E-state index >= 15 is 0 Å². The fourth-order valence-electron chi connectivity index (χ4n) is 3.17. The van der Waals surface area contributed by atoms with Crippen molar-refractivity contribution in [2.45, 2.75) is 32.1 Å². The van der Waals surface area contributed by atoms with Crippen molar-refractivity contribution in [3.05, 3.63) is 54.1 Å². The normalized spacial score (nSPS) is 15.5. The number of carbonyl (C=O) groups excluding carboxylic acids is 1. The van der Waals surface area contributed by atoms with Gasteiger partial charge in [0.1, 0.15) is 11.5 Å². The van der Waals surface area contributed by atoms with E-state index in [0.29, 0.717) is 0 Å². The summed E-state index contributed by atoms with van der Waals surface area (Å²) in [7, 11) is 1.41. The summed E-state index contributed by atoms with van der Waals surface area (Å²) >= 11 is 0. The van der Waals surface area contributed by atoms with E-state index in [1.165, 1.54) is 32.1 Å². The maximum Gasteiger partial charge on any atom is 0.312 e. The number of piperidine rings is 1. The Morgan fingerprint density at radius 1 is 1.00 bits per heavy atom. The summed E-state index contributed by atoms with van der Waals surface area (Å²) in [5.41, 5.74) is 2.13. The van der Waals surface area contributed by atoms with Crippen molar-refractivity contribution >= 4 is 11.7 Å². The van der Waals surface area contributed by atoms with Crippen LogP contribution in [0.5, 0.6) is 11.5 Å². The average Bonchev–Trinajstić information content (AvgIpc) is 2.68. The van der Waals surface area contributed by atoms with Crippen LogP contribution in [-0.2, 0) is 9.53 Å². The number of hydrogen-bond donors (Lipinski definition) is 0. The van der Waals surface area contributed by atoms with E-state index in [1.54, 1.807) is 0 Å². The SMILES string of the molecule is COC(=O)C(C)c1cccc(Oc2ccc(N3CCCCC3)cc2)c1. The van der Waals surface area contributed by atoms with Crippen molar-refractivity contribution in [3.8, 4) is 11.5 Å². The molecule has 0 saturated carbocycles. The maximum atomic E-state index is 11.7.